The molecule has 96 valence electrons. The standard InChI is InChI=1S/C14H10BrFN2O/c15-9-6-11(17)14-12(7-9)18-13(19-14)5-8-2-1-3-10(16)4-8/h1-4,6-7H,5,17H2. The quantitative estimate of drug-likeness (QED) is 0.728. The van der Waals surface area contributed by atoms with Gasteiger partial charge in [0.05, 0.1) is 5.69 Å². The number of oxazole rings is 1. The summed E-state index contributed by atoms with van der Waals surface area (Å²) in [5.41, 5.74) is 8.46. The van der Waals surface area contributed by atoms with E-state index in [1.54, 1.807) is 12.1 Å². The minimum Gasteiger partial charge on any atom is -0.438 e. The normalized spacial score (nSPS) is 11.1. The summed E-state index contributed by atoms with van der Waals surface area (Å²) in [6.45, 7) is 0. The number of nitrogen functional groups attached to an aromatic ring is 1. The molecule has 0 aliphatic rings. The van der Waals surface area contributed by atoms with Crippen molar-refractivity contribution in [1.82, 2.24) is 4.98 Å². The summed E-state index contributed by atoms with van der Waals surface area (Å²) < 4.78 is 19.6. The SMILES string of the molecule is Nc1cc(Br)cc2nc(Cc3cccc(F)c3)oc12. The van der Waals surface area contributed by atoms with Gasteiger partial charge in [-0.1, -0.05) is 28.1 Å². The number of fused-ring (bicyclic) bond motifs is 1. The van der Waals surface area contributed by atoms with E-state index >= 15 is 0 Å². The lowest BCUT2D eigenvalue weighted by Gasteiger charge is -1.97. The summed E-state index contributed by atoms with van der Waals surface area (Å²) in [6.07, 6.45) is 0.434. The first-order valence-electron chi connectivity index (χ1n) is 5.71. The highest BCUT2D eigenvalue weighted by Gasteiger charge is 2.10. The fraction of sp³-hybridized carbons (Fsp3) is 0.0714. The van der Waals surface area contributed by atoms with Crippen molar-refractivity contribution in [2.75, 3.05) is 5.73 Å². The molecule has 0 radical (unpaired) electrons. The van der Waals surface area contributed by atoms with E-state index in [1.807, 2.05) is 12.1 Å². The lowest BCUT2D eigenvalue weighted by atomic mass is 10.1. The molecule has 0 saturated heterocycles. The molecule has 0 spiro atoms. The van der Waals surface area contributed by atoms with E-state index in [-0.39, 0.29) is 5.82 Å². The van der Waals surface area contributed by atoms with Crippen LogP contribution in [0.4, 0.5) is 10.1 Å². The molecular formula is C14H10BrFN2O. The van der Waals surface area contributed by atoms with Gasteiger partial charge in [-0.3, -0.25) is 0 Å². The van der Waals surface area contributed by atoms with Crippen molar-refractivity contribution in [3.05, 3.63) is 58.1 Å². The number of hydrogen-bond acceptors (Lipinski definition) is 3. The largest absolute Gasteiger partial charge is 0.438 e. The van der Waals surface area contributed by atoms with Crippen LogP contribution in [0.1, 0.15) is 11.5 Å². The van der Waals surface area contributed by atoms with Gasteiger partial charge in [-0.15, -0.1) is 0 Å². The van der Waals surface area contributed by atoms with Crippen LogP contribution < -0.4 is 5.73 Å². The number of nitrogens with zero attached hydrogens (tertiary/aromatic N) is 1. The van der Waals surface area contributed by atoms with Crippen molar-refractivity contribution in [3.8, 4) is 0 Å². The van der Waals surface area contributed by atoms with Crippen molar-refractivity contribution in [2.45, 2.75) is 6.42 Å². The lowest BCUT2D eigenvalue weighted by Crippen LogP contribution is -1.88. The molecule has 1 aromatic heterocycles. The van der Waals surface area contributed by atoms with E-state index in [0.29, 0.717) is 29.1 Å². The minimum atomic E-state index is -0.268. The van der Waals surface area contributed by atoms with Gasteiger partial charge in [0.15, 0.2) is 11.5 Å². The van der Waals surface area contributed by atoms with Crippen LogP contribution in [-0.2, 0) is 6.42 Å². The van der Waals surface area contributed by atoms with E-state index in [4.69, 9.17) is 10.2 Å². The second-order valence-corrected chi connectivity index (χ2v) is 5.17. The van der Waals surface area contributed by atoms with Gasteiger partial charge in [-0.25, -0.2) is 9.37 Å². The molecule has 0 amide bonds. The summed E-state index contributed by atoms with van der Waals surface area (Å²) in [5, 5.41) is 0. The van der Waals surface area contributed by atoms with Crippen LogP contribution in [0.2, 0.25) is 0 Å². The Labute approximate surface area is 117 Å². The Morgan fingerprint density at radius 1 is 1.26 bits per heavy atom. The number of rotatable bonds is 2. The number of aromatic nitrogens is 1. The second kappa shape index (κ2) is 4.66. The highest BCUT2D eigenvalue weighted by molar-refractivity contribution is 9.10. The van der Waals surface area contributed by atoms with E-state index in [0.717, 1.165) is 10.0 Å². The molecule has 0 fully saturated rings. The maximum Gasteiger partial charge on any atom is 0.200 e. The number of hydrogen-bond donors (Lipinski definition) is 1. The second-order valence-electron chi connectivity index (χ2n) is 4.26. The zero-order valence-corrected chi connectivity index (χ0v) is 11.4. The maximum atomic E-state index is 13.1. The molecule has 0 atom stereocenters. The van der Waals surface area contributed by atoms with Gasteiger partial charge < -0.3 is 10.2 Å². The van der Waals surface area contributed by atoms with Gasteiger partial charge in [-0.05, 0) is 29.8 Å². The average Bonchev–Trinajstić information content (AvgIpc) is 2.71. The Kier molecular flexibility index (Phi) is 2.98. The molecule has 0 saturated carbocycles. The highest BCUT2D eigenvalue weighted by Crippen LogP contribution is 2.27. The van der Waals surface area contributed by atoms with Gasteiger partial charge in [0.25, 0.3) is 0 Å². The first-order valence-corrected chi connectivity index (χ1v) is 6.50. The van der Waals surface area contributed by atoms with Crippen molar-refractivity contribution in [3.63, 3.8) is 0 Å². The van der Waals surface area contributed by atoms with E-state index in [2.05, 4.69) is 20.9 Å². The fourth-order valence-corrected chi connectivity index (χ4v) is 2.43. The van der Waals surface area contributed by atoms with Gasteiger partial charge in [0.2, 0.25) is 0 Å². The summed E-state index contributed by atoms with van der Waals surface area (Å²) in [5.74, 6) is 0.251. The van der Waals surface area contributed by atoms with Gasteiger partial charge in [-0.2, -0.15) is 0 Å². The van der Waals surface area contributed by atoms with E-state index < -0.39 is 0 Å². The molecule has 0 unspecified atom stereocenters. The summed E-state index contributed by atoms with van der Waals surface area (Å²) in [6, 6.07) is 9.97. The molecule has 2 aromatic carbocycles. The molecule has 1 heterocycles. The predicted molar refractivity (Wildman–Crippen MR) is 75.3 cm³/mol. The molecule has 5 heteroatoms. The number of nitrogens with two attached hydrogens (primary N) is 1. The third-order valence-corrected chi connectivity index (χ3v) is 3.23. The molecular weight excluding hydrogens is 311 g/mol. The molecule has 0 aliphatic carbocycles. The lowest BCUT2D eigenvalue weighted by molar-refractivity contribution is 0.544. The summed E-state index contributed by atoms with van der Waals surface area (Å²) in [7, 11) is 0. The average molecular weight is 321 g/mol. The van der Waals surface area contributed by atoms with Crippen LogP contribution >= 0.6 is 15.9 Å². The van der Waals surface area contributed by atoms with Crippen molar-refractivity contribution < 1.29 is 8.81 Å². The Morgan fingerprint density at radius 2 is 2.11 bits per heavy atom. The van der Waals surface area contributed by atoms with Gasteiger partial charge >= 0.3 is 0 Å². The van der Waals surface area contributed by atoms with Gasteiger partial charge in [0.1, 0.15) is 11.3 Å². The van der Waals surface area contributed by atoms with Crippen molar-refractivity contribution >= 4 is 32.7 Å². The van der Waals surface area contributed by atoms with E-state index in [1.165, 1.54) is 12.1 Å². The topological polar surface area (TPSA) is 52.0 Å². The predicted octanol–water partition coefficient (Wildman–Crippen LogP) is 3.90. The van der Waals surface area contributed by atoms with Crippen molar-refractivity contribution in [2.24, 2.45) is 0 Å². The monoisotopic (exact) mass is 320 g/mol. The molecule has 0 bridgehead atoms. The molecule has 19 heavy (non-hydrogen) atoms. The van der Waals surface area contributed by atoms with Crippen LogP contribution in [0.15, 0.2) is 45.3 Å². The number of anilines is 1. The minimum absolute atomic E-state index is 0.268. The highest BCUT2D eigenvalue weighted by atomic mass is 79.9. The summed E-state index contributed by atoms with van der Waals surface area (Å²) >= 11 is 3.36. The van der Waals surface area contributed by atoms with Crippen LogP contribution in [0.3, 0.4) is 0 Å². The zero-order valence-electron chi connectivity index (χ0n) is 9.86. The van der Waals surface area contributed by atoms with Crippen LogP contribution in [0, 0.1) is 5.82 Å². The molecule has 3 aromatic rings. The smallest absolute Gasteiger partial charge is 0.200 e. The Morgan fingerprint density at radius 3 is 2.89 bits per heavy atom. The number of benzene rings is 2. The van der Waals surface area contributed by atoms with Crippen LogP contribution in [-0.4, -0.2) is 4.98 Å². The molecule has 2 N–H and O–H groups in total. The Hall–Kier alpha value is -1.88. The Balaban J connectivity index is 2.00. The van der Waals surface area contributed by atoms with Crippen LogP contribution in [0.5, 0.6) is 0 Å². The first kappa shape index (κ1) is 12.2. The third-order valence-electron chi connectivity index (χ3n) is 2.77. The van der Waals surface area contributed by atoms with Crippen LogP contribution in [0.25, 0.3) is 11.1 Å². The zero-order chi connectivity index (χ0) is 13.4. The molecule has 3 rings (SSSR count). The third kappa shape index (κ3) is 2.46. The Bertz CT molecular complexity index is 754. The van der Waals surface area contributed by atoms with E-state index in [9.17, 15) is 4.39 Å². The summed E-state index contributed by atoms with van der Waals surface area (Å²) in [4.78, 5) is 4.36. The van der Waals surface area contributed by atoms with Gasteiger partial charge in [0, 0.05) is 10.9 Å². The fourth-order valence-electron chi connectivity index (χ4n) is 1.97. The number of halogens is 2. The first-order chi connectivity index (χ1) is 9.11. The molecule has 3 nitrogen and oxygen atoms in total. The maximum absolute atomic E-state index is 13.1. The molecule has 0 aliphatic heterocycles. The van der Waals surface area contributed by atoms with Crippen molar-refractivity contribution in [1.29, 1.82) is 0 Å².